The van der Waals surface area contributed by atoms with Crippen molar-refractivity contribution in [3.8, 4) is 5.75 Å². The Balaban J connectivity index is 1.86. The van der Waals surface area contributed by atoms with Crippen molar-refractivity contribution in [1.29, 1.82) is 0 Å². The quantitative estimate of drug-likeness (QED) is 0.187. The molecule has 1 saturated heterocycles. The van der Waals surface area contributed by atoms with Gasteiger partial charge in [0, 0.05) is 18.5 Å². The first-order chi connectivity index (χ1) is 15.8. The second kappa shape index (κ2) is 14.2. The number of hydrogen-bond donors (Lipinski definition) is 1. The molecule has 1 aliphatic rings. The van der Waals surface area contributed by atoms with Crippen molar-refractivity contribution >= 4 is 52.0 Å². The number of hydrogen-bond acceptors (Lipinski definition) is 6. The van der Waals surface area contributed by atoms with Crippen LogP contribution in [0, 0.1) is 0 Å². The molecule has 1 aromatic carbocycles. The van der Waals surface area contributed by atoms with Crippen LogP contribution in [-0.4, -0.2) is 44.6 Å². The molecule has 0 radical (unpaired) electrons. The number of thiocarbonyl (C=S) groups is 1. The Morgan fingerprint density at radius 2 is 1.76 bits per heavy atom. The highest BCUT2D eigenvalue weighted by Crippen LogP contribution is 2.34. The highest BCUT2D eigenvalue weighted by molar-refractivity contribution is 8.26. The number of Topliss-reactive ketones (excluding diaryl/α,β-unsaturated/α-hetero) is 1. The lowest BCUT2D eigenvalue weighted by Gasteiger charge is -2.16. The van der Waals surface area contributed by atoms with Gasteiger partial charge in [-0.2, -0.15) is 0 Å². The smallest absolute Gasteiger partial charge is 0.303 e. The van der Waals surface area contributed by atoms with Gasteiger partial charge in [0.25, 0.3) is 5.91 Å². The van der Waals surface area contributed by atoms with Crippen LogP contribution in [-0.2, 0) is 14.4 Å². The number of ether oxygens (including phenoxy) is 1. The molecule has 1 amide bonds. The van der Waals surface area contributed by atoms with E-state index in [2.05, 4.69) is 0 Å². The molecule has 180 valence electrons. The number of nitrogens with zero attached hydrogens (tertiary/aromatic N) is 1. The van der Waals surface area contributed by atoms with Gasteiger partial charge in [0.15, 0.2) is 11.9 Å². The number of thioether (sulfide) groups is 1. The summed E-state index contributed by atoms with van der Waals surface area (Å²) in [4.78, 5) is 37.4. The number of carbonyl (C=O) groups is 3. The predicted molar refractivity (Wildman–Crippen MR) is 136 cm³/mol. The van der Waals surface area contributed by atoms with Gasteiger partial charge in [-0.15, -0.1) is 0 Å². The van der Waals surface area contributed by atoms with Crippen molar-refractivity contribution in [3.63, 3.8) is 0 Å². The van der Waals surface area contributed by atoms with Crippen LogP contribution in [0.3, 0.4) is 0 Å². The van der Waals surface area contributed by atoms with Gasteiger partial charge < -0.3 is 9.84 Å². The van der Waals surface area contributed by atoms with Crippen molar-refractivity contribution in [3.05, 3.63) is 34.7 Å². The van der Waals surface area contributed by atoms with E-state index < -0.39 is 12.1 Å². The fourth-order valence-corrected chi connectivity index (χ4v) is 4.88. The number of ketones is 1. The maximum absolute atomic E-state index is 12.9. The lowest BCUT2D eigenvalue weighted by molar-refractivity contribution is -0.137. The van der Waals surface area contributed by atoms with E-state index in [0.717, 1.165) is 50.5 Å². The van der Waals surface area contributed by atoms with Gasteiger partial charge in [-0.1, -0.05) is 81.2 Å². The van der Waals surface area contributed by atoms with E-state index in [1.807, 2.05) is 25.1 Å². The van der Waals surface area contributed by atoms with Crippen LogP contribution in [0.1, 0.15) is 77.2 Å². The summed E-state index contributed by atoms with van der Waals surface area (Å²) in [5, 5.41) is 8.65. The van der Waals surface area contributed by atoms with Crippen LogP contribution in [0.2, 0.25) is 0 Å². The molecule has 1 aromatic rings. The number of carboxylic acid groups (broad SMARTS) is 1. The molecule has 0 aliphatic carbocycles. The fourth-order valence-electron chi connectivity index (χ4n) is 3.58. The first-order valence-corrected chi connectivity index (χ1v) is 12.8. The summed E-state index contributed by atoms with van der Waals surface area (Å²) in [6, 6.07) is 7.39. The molecule has 8 heteroatoms. The monoisotopic (exact) mass is 491 g/mol. The Hall–Kier alpha value is -2.19. The molecule has 0 aromatic heterocycles. The van der Waals surface area contributed by atoms with Crippen molar-refractivity contribution in [2.24, 2.45) is 0 Å². The summed E-state index contributed by atoms with van der Waals surface area (Å²) in [7, 11) is 0. The summed E-state index contributed by atoms with van der Waals surface area (Å²) < 4.78 is 6.47. The first-order valence-electron chi connectivity index (χ1n) is 11.6. The van der Waals surface area contributed by atoms with Crippen LogP contribution in [0.15, 0.2) is 29.2 Å². The molecule has 1 atom stereocenters. The largest absolute Gasteiger partial charge is 0.482 e. The Labute approximate surface area is 205 Å². The van der Waals surface area contributed by atoms with Gasteiger partial charge in [0.2, 0.25) is 0 Å². The number of carboxylic acids is 1. The fraction of sp³-hybridized carbons (Fsp3) is 0.520. The van der Waals surface area contributed by atoms with E-state index in [-0.39, 0.29) is 18.1 Å². The summed E-state index contributed by atoms with van der Waals surface area (Å²) >= 11 is 6.73. The topological polar surface area (TPSA) is 83.9 Å². The zero-order valence-corrected chi connectivity index (χ0v) is 21.0. The Bertz CT molecular complexity index is 883. The number of amides is 1. The van der Waals surface area contributed by atoms with Crippen LogP contribution in [0.25, 0.3) is 6.08 Å². The molecule has 1 unspecified atom stereocenters. The lowest BCUT2D eigenvalue weighted by Crippen LogP contribution is -2.29. The predicted octanol–water partition coefficient (Wildman–Crippen LogP) is 5.84. The third-order valence-corrected chi connectivity index (χ3v) is 6.82. The molecule has 0 saturated carbocycles. The first kappa shape index (κ1) is 27.1. The van der Waals surface area contributed by atoms with Gasteiger partial charge in [-0.3, -0.25) is 19.3 Å². The van der Waals surface area contributed by atoms with Crippen LogP contribution < -0.4 is 4.74 Å². The van der Waals surface area contributed by atoms with E-state index in [1.165, 1.54) is 18.7 Å². The molecule has 0 bridgehead atoms. The van der Waals surface area contributed by atoms with Gasteiger partial charge in [0.1, 0.15) is 10.1 Å². The highest BCUT2D eigenvalue weighted by atomic mass is 32.2. The lowest BCUT2D eigenvalue weighted by atomic mass is 10.1. The van der Waals surface area contributed by atoms with Gasteiger partial charge in [-0.25, -0.2) is 0 Å². The Morgan fingerprint density at radius 1 is 1.12 bits per heavy atom. The van der Waals surface area contributed by atoms with Crippen LogP contribution >= 0.6 is 24.0 Å². The second-order valence-electron chi connectivity index (χ2n) is 8.12. The summed E-state index contributed by atoms with van der Waals surface area (Å²) in [5.41, 5.74) is 0.751. The zero-order chi connectivity index (χ0) is 24.2. The molecule has 1 aliphatic heterocycles. The van der Waals surface area contributed by atoms with Gasteiger partial charge in [-0.05, 0) is 38.3 Å². The summed E-state index contributed by atoms with van der Waals surface area (Å²) in [6.45, 7) is 4.02. The summed E-state index contributed by atoms with van der Waals surface area (Å²) in [6.07, 6.45) is 8.86. The average Bonchev–Trinajstić information content (AvgIpc) is 3.04. The third kappa shape index (κ3) is 8.93. The molecule has 2 rings (SSSR count). The van der Waals surface area contributed by atoms with E-state index in [0.29, 0.717) is 27.9 Å². The molecule has 1 fully saturated rings. The van der Waals surface area contributed by atoms with Gasteiger partial charge >= 0.3 is 5.97 Å². The molecular formula is C25H33NO5S2. The standard InChI is InChI=1S/C25H33NO5S2/c1-3-20(18(2)27)31-21-14-11-10-13-19(21)17-22-24(30)26(25(32)33-22)16-12-8-6-4-5-7-9-15-23(28)29/h10-11,13-14,17,20H,3-9,12,15-16H2,1-2H3,(H,28,29)/b22-17-. The minimum atomic E-state index is -0.732. The molecule has 1 heterocycles. The number of aliphatic carboxylic acids is 1. The zero-order valence-electron chi connectivity index (χ0n) is 19.4. The van der Waals surface area contributed by atoms with E-state index in [4.69, 9.17) is 22.1 Å². The van der Waals surface area contributed by atoms with E-state index >= 15 is 0 Å². The Morgan fingerprint density at radius 3 is 2.39 bits per heavy atom. The SMILES string of the molecule is CCC(Oc1ccccc1/C=C1\SC(=S)N(CCCCCCCCCC(=O)O)C1=O)C(C)=O. The molecule has 0 spiro atoms. The summed E-state index contributed by atoms with van der Waals surface area (Å²) in [5.74, 6) is -0.274. The number of carbonyl (C=O) groups excluding carboxylic acids is 2. The Kier molecular flexibility index (Phi) is 11.6. The van der Waals surface area contributed by atoms with Crippen molar-refractivity contribution in [2.75, 3.05) is 6.54 Å². The maximum Gasteiger partial charge on any atom is 0.303 e. The van der Waals surface area contributed by atoms with Crippen molar-refractivity contribution in [1.82, 2.24) is 4.90 Å². The minimum absolute atomic E-state index is 0.0288. The molecule has 6 nitrogen and oxygen atoms in total. The van der Waals surface area contributed by atoms with Crippen molar-refractivity contribution in [2.45, 2.75) is 77.7 Å². The normalized spacial score (nSPS) is 15.8. The van der Waals surface area contributed by atoms with Gasteiger partial charge in [0.05, 0.1) is 4.91 Å². The van der Waals surface area contributed by atoms with Crippen LogP contribution in [0.5, 0.6) is 5.75 Å². The van der Waals surface area contributed by atoms with Crippen LogP contribution in [0.4, 0.5) is 0 Å². The highest BCUT2D eigenvalue weighted by Gasteiger charge is 2.31. The molecular weight excluding hydrogens is 458 g/mol. The van der Waals surface area contributed by atoms with E-state index in [1.54, 1.807) is 17.0 Å². The number of rotatable bonds is 15. The third-order valence-electron chi connectivity index (χ3n) is 5.44. The number of benzene rings is 1. The number of para-hydroxylation sites is 1. The molecule has 1 N–H and O–H groups in total. The minimum Gasteiger partial charge on any atom is -0.482 e. The number of unbranched alkanes of at least 4 members (excludes halogenated alkanes) is 6. The van der Waals surface area contributed by atoms with Crippen molar-refractivity contribution < 1.29 is 24.2 Å². The van der Waals surface area contributed by atoms with E-state index in [9.17, 15) is 14.4 Å². The maximum atomic E-state index is 12.9. The second-order valence-corrected chi connectivity index (χ2v) is 9.79. The average molecular weight is 492 g/mol. The molecule has 33 heavy (non-hydrogen) atoms.